The number of hydrogen-bond acceptors (Lipinski definition) is 2. The van der Waals surface area contributed by atoms with Crippen molar-refractivity contribution >= 4 is 38.4 Å². The van der Waals surface area contributed by atoms with Crippen molar-refractivity contribution in [2.75, 3.05) is 5.32 Å². The Kier molecular flexibility index (Phi) is 6.47. The van der Waals surface area contributed by atoms with E-state index in [2.05, 4.69) is 59.4 Å². The van der Waals surface area contributed by atoms with Gasteiger partial charge in [-0.25, -0.2) is 4.98 Å². The minimum absolute atomic E-state index is 0.138. The Morgan fingerprint density at radius 1 is 1.00 bits per heavy atom. The molecule has 0 aliphatic heterocycles. The number of nitrogens with one attached hydrogen (secondary N) is 1. The lowest BCUT2D eigenvalue weighted by molar-refractivity contribution is 0.102. The lowest BCUT2D eigenvalue weighted by Crippen LogP contribution is -2.13. The summed E-state index contributed by atoms with van der Waals surface area (Å²) in [7, 11) is 0. The average molecular weight is 473 g/mol. The van der Waals surface area contributed by atoms with E-state index >= 15 is 0 Å². The quantitative estimate of drug-likeness (QED) is 0.314. The van der Waals surface area contributed by atoms with Crippen LogP contribution in [0.2, 0.25) is 0 Å². The van der Waals surface area contributed by atoms with E-state index < -0.39 is 0 Å². The molecule has 3 aromatic carbocycles. The molecule has 4 rings (SSSR count). The average Bonchev–Trinajstić information content (AvgIpc) is 2.78. The molecule has 0 aliphatic carbocycles. The smallest absolute Gasteiger partial charge is 0.256 e. The van der Waals surface area contributed by atoms with Crippen LogP contribution >= 0.6 is 15.9 Å². The summed E-state index contributed by atoms with van der Waals surface area (Å²) in [6.45, 7) is 4.25. The predicted octanol–water partition coefficient (Wildman–Crippen LogP) is 7.57. The Morgan fingerprint density at radius 3 is 2.55 bits per heavy atom. The number of benzene rings is 3. The van der Waals surface area contributed by atoms with E-state index in [9.17, 15) is 4.79 Å². The van der Waals surface area contributed by atoms with Crippen LogP contribution in [-0.4, -0.2) is 10.9 Å². The largest absolute Gasteiger partial charge is 0.322 e. The van der Waals surface area contributed by atoms with Crippen LogP contribution in [0.15, 0.2) is 77.3 Å². The van der Waals surface area contributed by atoms with Crippen LogP contribution in [0.4, 0.5) is 5.69 Å². The number of unbranched alkanes of at least 4 members (excludes halogenated alkanes) is 1. The fourth-order valence-corrected chi connectivity index (χ4v) is 4.03. The van der Waals surface area contributed by atoms with E-state index in [0.717, 1.165) is 44.3 Å². The van der Waals surface area contributed by atoms with E-state index in [-0.39, 0.29) is 5.91 Å². The molecule has 0 spiro atoms. The highest BCUT2D eigenvalue weighted by Crippen LogP contribution is 2.28. The number of aryl methyl sites for hydroxylation is 2. The van der Waals surface area contributed by atoms with E-state index in [0.29, 0.717) is 5.56 Å². The summed E-state index contributed by atoms with van der Waals surface area (Å²) >= 11 is 3.52. The first-order valence-corrected chi connectivity index (χ1v) is 11.4. The van der Waals surface area contributed by atoms with Crippen LogP contribution < -0.4 is 5.32 Å². The zero-order valence-electron chi connectivity index (χ0n) is 17.8. The maximum atomic E-state index is 13.3. The summed E-state index contributed by atoms with van der Waals surface area (Å²) in [4.78, 5) is 18.1. The molecule has 1 N–H and O–H groups in total. The molecule has 31 heavy (non-hydrogen) atoms. The third kappa shape index (κ3) is 5.02. The first-order chi connectivity index (χ1) is 15.0. The van der Waals surface area contributed by atoms with Gasteiger partial charge in [0.15, 0.2) is 0 Å². The lowest BCUT2D eigenvalue weighted by atomic mass is 10.0. The van der Waals surface area contributed by atoms with Gasteiger partial charge >= 0.3 is 0 Å². The van der Waals surface area contributed by atoms with Gasteiger partial charge in [-0.15, -0.1) is 0 Å². The van der Waals surface area contributed by atoms with E-state index in [1.54, 1.807) is 0 Å². The molecule has 156 valence electrons. The summed E-state index contributed by atoms with van der Waals surface area (Å²) in [5.74, 6) is -0.138. The SMILES string of the molecule is CCCCc1ccc(NC(=O)c2cc(-c3cccc(C)c3)nc3ccc(Br)cc23)cc1. The number of carbonyl (C=O) groups excluding carboxylic acids is 1. The Bertz CT molecular complexity index is 1230. The highest BCUT2D eigenvalue weighted by Gasteiger charge is 2.15. The maximum Gasteiger partial charge on any atom is 0.256 e. The highest BCUT2D eigenvalue weighted by molar-refractivity contribution is 9.10. The molecule has 0 saturated carbocycles. The maximum absolute atomic E-state index is 13.3. The molecule has 0 aliphatic rings. The second-order valence-electron chi connectivity index (χ2n) is 7.84. The molecule has 0 radical (unpaired) electrons. The Labute approximate surface area is 191 Å². The first-order valence-electron chi connectivity index (χ1n) is 10.6. The minimum Gasteiger partial charge on any atom is -0.322 e. The molecule has 0 unspecified atom stereocenters. The first kappa shape index (κ1) is 21.3. The number of rotatable bonds is 6. The second-order valence-corrected chi connectivity index (χ2v) is 8.76. The number of amides is 1. The van der Waals surface area contributed by atoms with Crippen molar-refractivity contribution in [3.8, 4) is 11.3 Å². The van der Waals surface area contributed by atoms with Crippen LogP contribution in [0, 0.1) is 6.92 Å². The normalized spacial score (nSPS) is 10.9. The Hall–Kier alpha value is -2.98. The second kappa shape index (κ2) is 9.44. The van der Waals surface area contributed by atoms with Crippen LogP contribution in [0.25, 0.3) is 22.2 Å². The van der Waals surface area contributed by atoms with Crippen molar-refractivity contribution in [2.45, 2.75) is 33.1 Å². The van der Waals surface area contributed by atoms with Crippen molar-refractivity contribution in [3.05, 3.63) is 94.0 Å². The monoisotopic (exact) mass is 472 g/mol. The van der Waals surface area contributed by atoms with Crippen molar-refractivity contribution in [1.82, 2.24) is 4.98 Å². The number of anilines is 1. The molecule has 0 bridgehead atoms. The zero-order valence-corrected chi connectivity index (χ0v) is 19.4. The molecule has 0 fully saturated rings. The molecular weight excluding hydrogens is 448 g/mol. The number of pyridine rings is 1. The summed E-state index contributed by atoms with van der Waals surface area (Å²) in [5.41, 5.74) is 6.43. The summed E-state index contributed by atoms with van der Waals surface area (Å²) in [6.07, 6.45) is 3.41. The van der Waals surface area contributed by atoms with E-state index in [1.807, 2.05) is 48.5 Å². The van der Waals surface area contributed by atoms with Gasteiger partial charge in [0.25, 0.3) is 5.91 Å². The summed E-state index contributed by atoms with van der Waals surface area (Å²) < 4.78 is 0.916. The topological polar surface area (TPSA) is 42.0 Å². The van der Waals surface area contributed by atoms with Gasteiger partial charge in [-0.1, -0.05) is 65.2 Å². The van der Waals surface area contributed by atoms with Gasteiger partial charge in [-0.05, 0) is 67.8 Å². The van der Waals surface area contributed by atoms with Gasteiger partial charge in [-0.2, -0.15) is 0 Å². The molecule has 1 amide bonds. The van der Waals surface area contributed by atoms with Crippen LogP contribution in [0.5, 0.6) is 0 Å². The molecule has 0 atom stereocenters. The minimum atomic E-state index is -0.138. The van der Waals surface area contributed by atoms with Crippen LogP contribution in [0.3, 0.4) is 0 Å². The molecule has 4 heteroatoms. The van der Waals surface area contributed by atoms with Gasteiger partial charge < -0.3 is 5.32 Å². The number of nitrogens with zero attached hydrogens (tertiary/aromatic N) is 1. The molecule has 0 saturated heterocycles. The van der Waals surface area contributed by atoms with E-state index in [4.69, 9.17) is 4.98 Å². The standard InChI is InChI=1S/C27H25BrN2O/c1-3-4-7-19-9-12-22(13-10-19)29-27(31)24-17-26(20-8-5-6-18(2)15-20)30-25-14-11-21(28)16-23(24)25/h5-6,8-17H,3-4,7H2,1-2H3,(H,29,31). The zero-order chi connectivity index (χ0) is 21.8. The van der Waals surface area contributed by atoms with Crippen molar-refractivity contribution in [1.29, 1.82) is 0 Å². The van der Waals surface area contributed by atoms with Gasteiger partial charge in [0.05, 0.1) is 16.8 Å². The van der Waals surface area contributed by atoms with Crippen molar-refractivity contribution in [2.24, 2.45) is 0 Å². The van der Waals surface area contributed by atoms with Gasteiger partial charge in [0, 0.05) is 21.1 Å². The lowest BCUT2D eigenvalue weighted by Gasteiger charge is -2.12. The summed E-state index contributed by atoms with van der Waals surface area (Å²) in [5, 5.41) is 3.88. The summed E-state index contributed by atoms with van der Waals surface area (Å²) in [6, 6.07) is 24.0. The predicted molar refractivity (Wildman–Crippen MR) is 133 cm³/mol. The fraction of sp³-hybridized carbons (Fsp3) is 0.185. The number of fused-ring (bicyclic) bond motifs is 1. The number of hydrogen-bond donors (Lipinski definition) is 1. The number of carbonyl (C=O) groups is 1. The van der Waals surface area contributed by atoms with Crippen molar-refractivity contribution < 1.29 is 4.79 Å². The van der Waals surface area contributed by atoms with Crippen LogP contribution in [0.1, 0.15) is 41.3 Å². The number of aromatic nitrogens is 1. The van der Waals surface area contributed by atoms with Gasteiger partial charge in [0.2, 0.25) is 0 Å². The highest BCUT2D eigenvalue weighted by atomic mass is 79.9. The fourth-order valence-electron chi connectivity index (χ4n) is 3.67. The molecular formula is C27H25BrN2O. The van der Waals surface area contributed by atoms with E-state index in [1.165, 1.54) is 18.4 Å². The third-order valence-corrected chi connectivity index (χ3v) is 5.85. The van der Waals surface area contributed by atoms with Crippen LogP contribution in [-0.2, 0) is 6.42 Å². The van der Waals surface area contributed by atoms with Crippen molar-refractivity contribution in [3.63, 3.8) is 0 Å². The van der Waals surface area contributed by atoms with Gasteiger partial charge in [-0.3, -0.25) is 4.79 Å². The molecule has 1 heterocycles. The number of halogens is 1. The Morgan fingerprint density at radius 2 is 1.81 bits per heavy atom. The third-order valence-electron chi connectivity index (χ3n) is 5.36. The molecule has 3 nitrogen and oxygen atoms in total. The molecule has 1 aromatic heterocycles. The molecule has 4 aromatic rings. The van der Waals surface area contributed by atoms with Gasteiger partial charge in [0.1, 0.15) is 0 Å². The Balaban J connectivity index is 1.71.